The average molecular weight is 221 g/mol. The molecule has 2 heterocycles. The number of methoxy groups -OCH3 is 1. The first-order valence-corrected chi connectivity index (χ1v) is 5.76. The van der Waals surface area contributed by atoms with Gasteiger partial charge in [0, 0.05) is 25.2 Å². The zero-order valence-corrected chi connectivity index (χ0v) is 9.72. The maximum atomic E-state index is 5.95. The van der Waals surface area contributed by atoms with Crippen molar-refractivity contribution in [2.75, 3.05) is 20.2 Å². The van der Waals surface area contributed by atoms with Gasteiger partial charge in [-0.3, -0.25) is 4.90 Å². The summed E-state index contributed by atoms with van der Waals surface area (Å²) >= 11 is 0. The van der Waals surface area contributed by atoms with Crippen molar-refractivity contribution in [1.29, 1.82) is 0 Å². The lowest BCUT2D eigenvalue weighted by atomic mass is 10.1. The van der Waals surface area contributed by atoms with E-state index in [1.165, 1.54) is 6.42 Å². The molecule has 1 unspecified atom stereocenters. The van der Waals surface area contributed by atoms with Crippen LogP contribution in [-0.2, 0) is 6.54 Å². The highest BCUT2D eigenvalue weighted by Crippen LogP contribution is 2.13. The van der Waals surface area contributed by atoms with Crippen molar-refractivity contribution in [3.63, 3.8) is 0 Å². The molecule has 0 aromatic carbocycles. The monoisotopic (exact) mass is 221 g/mol. The third kappa shape index (κ3) is 2.93. The molecular formula is C12H19N3O. The lowest BCUT2D eigenvalue weighted by molar-refractivity contribution is 0.199. The fourth-order valence-corrected chi connectivity index (χ4v) is 2.12. The van der Waals surface area contributed by atoms with Crippen molar-refractivity contribution in [3.05, 3.63) is 23.9 Å². The Morgan fingerprint density at radius 3 is 3.19 bits per heavy atom. The molecular weight excluding hydrogens is 202 g/mol. The summed E-state index contributed by atoms with van der Waals surface area (Å²) in [6.45, 7) is 2.95. The van der Waals surface area contributed by atoms with Gasteiger partial charge >= 0.3 is 0 Å². The van der Waals surface area contributed by atoms with Gasteiger partial charge in [-0.1, -0.05) is 6.07 Å². The Bertz CT molecular complexity index is 343. The topological polar surface area (TPSA) is 51.4 Å². The normalized spacial score (nSPS) is 22.0. The minimum Gasteiger partial charge on any atom is -0.481 e. The molecule has 0 saturated carbocycles. The van der Waals surface area contributed by atoms with Crippen LogP contribution in [0, 0.1) is 0 Å². The van der Waals surface area contributed by atoms with Gasteiger partial charge in [0.15, 0.2) is 0 Å². The zero-order chi connectivity index (χ0) is 11.4. The van der Waals surface area contributed by atoms with Gasteiger partial charge < -0.3 is 10.5 Å². The molecule has 2 N–H and O–H groups in total. The molecule has 0 aliphatic carbocycles. The SMILES string of the molecule is COc1cccc(CN2CCCC(N)C2)n1. The summed E-state index contributed by atoms with van der Waals surface area (Å²) in [7, 11) is 1.64. The molecule has 0 amide bonds. The number of hydrogen-bond acceptors (Lipinski definition) is 4. The predicted octanol–water partition coefficient (Wildman–Crippen LogP) is 1.01. The quantitative estimate of drug-likeness (QED) is 0.827. The molecule has 0 radical (unpaired) electrons. The molecule has 1 aliphatic rings. The Kier molecular flexibility index (Phi) is 3.74. The fourth-order valence-electron chi connectivity index (χ4n) is 2.12. The highest BCUT2D eigenvalue weighted by Gasteiger charge is 2.16. The molecule has 1 atom stereocenters. The van der Waals surface area contributed by atoms with E-state index in [0.29, 0.717) is 11.9 Å². The minimum atomic E-state index is 0.319. The lowest BCUT2D eigenvalue weighted by Crippen LogP contribution is -2.42. The zero-order valence-electron chi connectivity index (χ0n) is 9.72. The Hall–Kier alpha value is -1.13. The number of likely N-dealkylation sites (tertiary alicyclic amines) is 1. The molecule has 2 rings (SSSR count). The fraction of sp³-hybridized carbons (Fsp3) is 0.583. The van der Waals surface area contributed by atoms with Crippen LogP contribution in [0.2, 0.25) is 0 Å². The Labute approximate surface area is 96.4 Å². The second-order valence-electron chi connectivity index (χ2n) is 4.31. The van der Waals surface area contributed by atoms with E-state index >= 15 is 0 Å². The number of hydrogen-bond donors (Lipinski definition) is 1. The molecule has 1 aromatic rings. The van der Waals surface area contributed by atoms with Crippen molar-refractivity contribution < 1.29 is 4.74 Å². The van der Waals surface area contributed by atoms with E-state index in [1.807, 2.05) is 18.2 Å². The van der Waals surface area contributed by atoms with Gasteiger partial charge in [0.05, 0.1) is 12.8 Å². The smallest absolute Gasteiger partial charge is 0.213 e. The number of piperidine rings is 1. The number of rotatable bonds is 3. The van der Waals surface area contributed by atoms with Crippen molar-refractivity contribution in [2.24, 2.45) is 5.73 Å². The molecule has 4 heteroatoms. The maximum absolute atomic E-state index is 5.95. The highest BCUT2D eigenvalue weighted by molar-refractivity contribution is 5.15. The van der Waals surface area contributed by atoms with Crippen LogP contribution in [-0.4, -0.2) is 36.1 Å². The number of pyridine rings is 1. The van der Waals surface area contributed by atoms with Crippen LogP contribution in [0.15, 0.2) is 18.2 Å². The van der Waals surface area contributed by atoms with Crippen LogP contribution < -0.4 is 10.5 Å². The number of aromatic nitrogens is 1. The molecule has 88 valence electrons. The van der Waals surface area contributed by atoms with Crippen molar-refractivity contribution >= 4 is 0 Å². The number of nitrogens with zero attached hydrogens (tertiary/aromatic N) is 2. The highest BCUT2D eigenvalue weighted by atomic mass is 16.5. The maximum Gasteiger partial charge on any atom is 0.213 e. The third-order valence-electron chi connectivity index (χ3n) is 2.92. The summed E-state index contributed by atoms with van der Waals surface area (Å²) in [5, 5.41) is 0. The largest absolute Gasteiger partial charge is 0.481 e. The van der Waals surface area contributed by atoms with Crippen molar-refractivity contribution in [2.45, 2.75) is 25.4 Å². The van der Waals surface area contributed by atoms with Crippen LogP contribution in [0.1, 0.15) is 18.5 Å². The molecule has 16 heavy (non-hydrogen) atoms. The first-order valence-electron chi connectivity index (χ1n) is 5.76. The molecule has 1 aliphatic heterocycles. The molecule has 1 fully saturated rings. The first kappa shape index (κ1) is 11.4. The molecule has 1 saturated heterocycles. The van der Waals surface area contributed by atoms with E-state index in [-0.39, 0.29) is 0 Å². The molecule has 1 aromatic heterocycles. The van der Waals surface area contributed by atoms with E-state index in [9.17, 15) is 0 Å². The van der Waals surface area contributed by atoms with Gasteiger partial charge in [-0.25, -0.2) is 4.98 Å². The van der Waals surface area contributed by atoms with Gasteiger partial charge in [0.1, 0.15) is 0 Å². The average Bonchev–Trinajstić information content (AvgIpc) is 2.29. The van der Waals surface area contributed by atoms with E-state index in [2.05, 4.69) is 9.88 Å². The van der Waals surface area contributed by atoms with Gasteiger partial charge in [0.25, 0.3) is 0 Å². The molecule has 0 spiro atoms. The molecule has 4 nitrogen and oxygen atoms in total. The summed E-state index contributed by atoms with van der Waals surface area (Å²) in [5.41, 5.74) is 7.00. The predicted molar refractivity (Wildman–Crippen MR) is 63.3 cm³/mol. The van der Waals surface area contributed by atoms with Crippen LogP contribution >= 0.6 is 0 Å². The summed E-state index contributed by atoms with van der Waals surface area (Å²) in [6.07, 6.45) is 2.33. The van der Waals surface area contributed by atoms with Crippen LogP contribution in [0.25, 0.3) is 0 Å². The van der Waals surface area contributed by atoms with E-state index in [4.69, 9.17) is 10.5 Å². The summed E-state index contributed by atoms with van der Waals surface area (Å²) in [5.74, 6) is 0.679. The van der Waals surface area contributed by atoms with Gasteiger partial charge in [-0.15, -0.1) is 0 Å². The third-order valence-corrected chi connectivity index (χ3v) is 2.92. The number of nitrogens with two attached hydrogens (primary N) is 1. The van der Waals surface area contributed by atoms with Crippen LogP contribution in [0.5, 0.6) is 5.88 Å². The van der Waals surface area contributed by atoms with Crippen LogP contribution in [0.4, 0.5) is 0 Å². The lowest BCUT2D eigenvalue weighted by Gasteiger charge is -2.30. The first-order chi connectivity index (χ1) is 7.78. The molecule has 0 bridgehead atoms. The van der Waals surface area contributed by atoms with Gasteiger partial charge in [-0.05, 0) is 25.5 Å². The van der Waals surface area contributed by atoms with Crippen LogP contribution in [0.3, 0.4) is 0 Å². The minimum absolute atomic E-state index is 0.319. The van der Waals surface area contributed by atoms with Gasteiger partial charge in [0.2, 0.25) is 5.88 Å². The van der Waals surface area contributed by atoms with Gasteiger partial charge in [-0.2, -0.15) is 0 Å². The van der Waals surface area contributed by atoms with Crippen molar-refractivity contribution in [3.8, 4) is 5.88 Å². The van der Waals surface area contributed by atoms with E-state index in [0.717, 1.165) is 31.7 Å². The van der Waals surface area contributed by atoms with E-state index < -0.39 is 0 Å². The standard InChI is InChI=1S/C12H19N3O/c1-16-12-6-2-5-11(14-12)9-15-7-3-4-10(13)8-15/h2,5-6,10H,3-4,7-9,13H2,1H3. The Morgan fingerprint density at radius 1 is 1.56 bits per heavy atom. The van der Waals surface area contributed by atoms with Crippen molar-refractivity contribution in [1.82, 2.24) is 9.88 Å². The summed E-state index contributed by atoms with van der Waals surface area (Å²) in [4.78, 5) is 6.76. The second kappa shape index (κ2) is 5.27. The second-order valence-corrected chi connectivity index (χ2v) is 4.31. The number of ether oxygens (including phenoxy) is 1. The van der Waals surface area contributed by atoms with E-state index in [1.54, 1.807) is 7.11 Å². The summed E-state index contributed by atoms with van der Waals surface area (Å²) in [6, 6.07) is 6.19. The Morgan fingerprint density at radius 2 is 2.44 bits per heavy atom. The summed E-state index contributed by atoms with van der Waals surface area (Å²) < 4.78 is 5.11. The Balaban J connectivity index is 1.97.